The number of halogens is 1. The number of thioether (sulfide) groups is 1. The fourth-order valence-electron chi connectivity index (χ4n) is 1.99. The molecule has 0 aliphatic carbocycles. The molecule has 2 rings (SSSR count). The van der Waals surface area contributed by atoms with Crippen molar-refractivity contribution < 1.29 is 14.3 Å². The SMILES string of the molecule is CSc1ccc(/C=C/C(=O)OCC(=O)Nc2cccc(Cl)c2C)cc1. The second-order valence-electron chi connectivity index (χ2n) is 5.17. The molecule has 1 amide bonds. The number of hydrogen-bond acceptors (Lipinski definition) is 4. The normalized spacial score (nSPS) is 10.7. The summed E-state index contributed by atoms with van der Waals surface area (Å²) < 4.78 is 4.94. The zero-order valence-corrected chi connectivity index (χ0v) is 15.5. The number of hydrogen-bond donors (Lipinski definition) is 1. The highest BCUT2D eigenvalue weighted by atomic mass is 35.5. The van der Waals surface area contributed by atoms with Crippen LogP contribution in [0.1, 0.15) is 11.1 Å². The van der Waals surface area contributed by atoms with Gasteiger partial charge in [-0.15, -0.1) is 11.8 Å². The summed E-state index contributed by atoms with van der Waals surface area (Å²) in [5.74, 6) is -0.997. The first-order chi connectivity index (χ1) is 12.0. The smallest absolute Gasteiger partial charge is 0.331 e. The van der Waals surface area contributed by atoms with Gasteiger partial charge in [0.1, 0.15) is 0 Å². The van der Waals surface area contributed by atoms with E-state index in [0.717, 1.165) is 16.0 Å². The van der Waals surface area contributed by atoms with E-state index in [4.69, 9.17) is 16.3 Å². The van der Waals surface area contributed by atoms with Crippen molar-refractivity contribution in [3.05, 3.63) is 64.7 Å². The largest absolute Gasteiger partial charge is 0.452 e. The van der Waals surface area contributed by atoms with Crippen molar-refractivity contribution in [3.63, 3.8) is 0 Å². The zero-order chi connectivity index (χ0) is 18.2. The minimum absolute atomic E-state index is 0.361. The number of rotatable bonds is 6. The van der Waals surface area contributed by atoms with Gasteiger partial charge < -0.3 is 10.1 Å². The van der Waals surface area contributed by atoms with Crippen LogP contribution >= 0.6 is 23.4 Å². The van der Waals surface area contributed by atoms with Gasteiger partial charge in [-0.3, -0.25) is 4.79 Å². The maximum Gasteiger partial charge on any atom is 0.331 e. The van der Waals surface area contributed by atoms with Gasteiger partial charge >= 0.3 is 5.97 Å². The molecule has 2 aromatic carbocycles. The molecule has 0 atom stereocenters. The lowest BCUT2D eigenvalue weighted by Gasteiger charge is -2.09. The molecular formula is C19H18ClNO3S. The molecule has 1 N–H and O–H groups in total. The summed E-state index contributed by atoms with van der Waals surface area (Å²) in [7, 11) is 0. The molecule has 0 radical (unpaired) electrons. The summed E-state index contributed by atoms with van der Waals surface area (Å²) in [6, 6.07) is 13.0. The highest BCUT2D eigenvalue weighted by Crippen LogP contribution is 2.22. The van der Waals surface area contributed by atoms with E-state index >= 15 is 0 Å². The molecule has 0 saturated carbocycles. The number of carbonyl (C=O) groups excluding carboxylic acids is 2. The summed E-state index contributed by atoms with van der Waals surface area (Å²) >= 11 is 7.64. The summed E-state index contributed by atoms with van der Waals surface area (Å²) in [5.41, 5.74) is 2.24. The van der Waals surface area contributed by atoms with Crippen molar-refractivity contribution in [3.8, 4) is 0 Å². The Bertz CT molecular complexity index is 788. The van der Waals surface area contributed by atoms with Gasteiger partial charge in [-0.1, -0.05) is 29.8 Å². The van der Waals surface area contributed by atoms with E-state index in [1.54, 1.807) is 43.0 Å². The van der Waals surface area contributed by atoms with Gasteiger partial charge in [-0.05, 0) is 54.6 Å². The van der Waals surface area contributed by atoms with E-state index in [9.17, 15) is 9.59 Å². The number of esters is 1. The number of anilines is 1. The number of nitrogens with one attached hydrogen (secondary N) is 1. The fraction of sp³-hybridized carbons (Fsp3) is 0.158. The Kier molecular flexibility index (Phi) is 7.10. The molecule has 4 nitrogen and oxygen atoms in total. The predicted octanol–water partition coefficient (Wildman–Crippen LogP) is 4.57. The minimum Gasteiger partial charge on any atom is -0.452 e. The lowest BCUT2D eigenvalue weighted by molar-refractivity contribution is -0.142. The van der Waals surface area contributed by atoms with Gasteiger partial charge in [0, 0.05) is 21.7 Å². The Morgan fingerprint density at radius 2 is 1.92 bits per heavy atom. The van der Waals surface area contributed by atoms with Crippen LogP contribution in [0.15, 0.2) is 53.4 Å². The molecule has 0 unspecified atom stereocenters. The van der Waals surface area contributed by atoms with Gasteiger partial charge in [-0.2, -0.15) is 0 Å². The molecular weight excluding hydrogens is 358 g/mol. The van der Waals surface area contributed by atoms with E-state index < -0.39 is 11.9 Å². The second kappa shape index (κ2) is 9.30. The molecule has 0 fully saturated rings. The number of carbonyl (C=O) groups is 2. The van der Waals surface area contributed by atoms with Crippen molar-refractivity contribution in [1.82, 2.24) is 0 Å². The molecule has 0 heterocycles. The summed E-state index contributed by atoms with van der Waals surface area (Å²) in [5, 5.41) is 3.23. The summed E-state index contributed by atoms with van der Waals surface area (Å²) in [6.45, 7) is 1.44. The van der Waals surface area contributed by atoms with Crippen LogP contribution in [0.5, 0.6) is 0 Å². The van der Waals surface area contributed by atoms with Crippen LogP contribution in [-0.4, -0.2) is 24.7 Å². The van der Waals surface area contributed by atoms with Crippen molar-refractivity contribution in [2.24, 2.45) is 0 Å². The topological polar surface area (TPSA) is 55.4 Å². The van der Waals surface area contributed by atoms with Crippen molar-refractivity contribution in [2.45, 2.75) is 11.8 Å². The number of ether oxygens (including phenoxy) is 1. The molecule has 0 saturated heterocycles. The van der Waals surface area contributed by atoms with Crippen LogP contribution in [0, 0.1) is 6.92 Å². The molecule has 6 heteroatoms. The van der Waals surface area contributed by atoms with Gasteiger partial charge in [0.25, 0.3) is 5.91 Å². The molecule has 0 aliphatic heterocycles. The van der Waals surface area contributed by atoms with E-state index in [2.05, 4.69) is 5.32 Å². The van der Waals surface area contributed by atoms with E-state index in [1.165, 1.54) is 6.08 Å². The molecule has 25 heavy (non-hydrogen) atoms. The van der Waals surface area contributed by atoms with Crippen molar-refractivity contribution >= 4 is 47.0 Å². The average molecular weight is 376 g/mol. The maximum atomic E-state index is 11.9. The van der Waals surface area contributed by atoms with Crippen molar-refractivity contribution in [2.75, 3.05) is 18.2 Å². The Morgan fingerprint density at radius 3 is 2.60 bits per heavy atom. The van der Waals surface area contributed by atoms with Gasteiger partial charge in [0.2, 0.25) is 0 Å². The lowest BCUT2D eigenvalue weighted by atomic mass is 10.2. The third-order valence-corrected chi connectivity index (χ3v) is 4.57. The quantitative estimate of drug-likeness (QED) is 0.456. The second-order valence-corrected chi connectivity index (χ2v) is 6.46. The molecule has 0 aliphatic rings. The Labute approximate surface area is 156 Å². The van der Waals surface area contributed by atoms with E-state index in [1.807, 2.05) is 30.5 Å². The lowest BCUT2D eigenvalue weighted by Crippen LogP contribution is -2.20. The fourth-order valence-corrected chi connectivity index (χ4v) is 2.58. The molecule has 0 aromatic heterocycles. The zero-order valence-electron chi connectivity index (χ0n) is 13.9. The number of amides is 1. The minimum atomic E-state index is -0.577. The van der Waals surface area contributed by atoms with Gasteiger partial charge in [-0.25, -0.2) is 4.79 Å². The van der Waals surface area contributed by atoms with Crippen LogP contribution in [0.3, 0.4) is 0 Å². The highest BCUT2D eigenvalue weighted by Gasteiger charge is 2.08. The maximum absolute atomic E-state index is 11.9. The Morgan fingerprint density at radius 1 is 1.20 bits per heavy atom. The van der Waals surface area contributed by atoms with E-state index in [-0.39, 0.29) is 6.61 Å². The molecule has 0 spiro atoms. The van der Waals surface area contributed by atoms with Gasteiger partial charge in [0.05, 0.1) is 0 Å². The molecule has 130 valence electrons. The Hall–Kier alpha value is -2.24. The summed E-state index contributed by atoms with van der Waals surface area (Å²) in [4.78, 5) is 24.7. The molecule has 2 aromatic rings. The first-order valence-corrected chi connectivity index (χ1v) is 9.13. The van der Waals surface area contributed by atoms with Crippen LogP contribution in [0.25, 0.3) is 6.08 Å². The third-order valence-electron chi connectivity index (χ3n) is 3.41. The monoisotopic (exact) mass is 375 g/mol. The number of benzene rings is 2. The summed E-state index contributed by atoms with van der Waals surface area (Å²) in [6.07, 6.45) is 4.94. The Balaban J connectivity index is 1.83. The van der Waals surface area contributed by atoms with Crippen molar-refractivity contribution in [1.29, 1.82) is 0 Å². The van der Waals surface area contributed by atoms with Gasteiger partial charge in [0.15, 0.2) is 6.61 Å². The molecule has 0 bridgehead atoms. The van der Waals surface area contributed by atoms with Crippen LogP contribution in [0.4, 0.5) is 5.69 Å². The average Bonchev–Trinajstić information content (AvgIpc) is 2.62. The standard InChI is InChI=1S/C19H18ClNO3S/c1-13-16(20)4-3-5-17(13)21-18(22)12-24-19(23)11-8-14-6-9-15(25-2)10-7-14/h3-11H,12H2,1-2H3,(H,21,22)/b11-8+. The third kappa shape index (κ3) is 5.96. The highest BCUT2D eigenvalue weighted by molar-refractivity contribution is 7.98. The van der Waals surface area contributed by atoms with Crippen LogP contribution < -0.4 is 5.32 Å². The van der Waals surface area contributed by atoms with E-state index in [0.29, 0.717) is 10.7 Å². The first-order valence-electron chi connectivity index (χ1n) is 7.53. The van der Waals surface area contributed by atoms with Crippen LogP contribution in [0.2, 0.25) is 5.02 Å². The first kappa shape index (κ1) is 19.1. The predicted molar refractivity (Wildman–Crippen MR) is 103 cm³/mol. The van der Waals surface area contributed by atoms with Crippen LogP contribution in [-0.2, 0) is 14.3 Å².